The van der Waals surface area contributed by atoms with E-state index in [0.717, 1.165) is 10.9 Å². The largest absolute Gasteiger partial charge is 0.466 e. The first-order chi connectivity index (χ1) is 14.9. The van der Waals surface area contributed by atoms with Gasteiger partial charge in [-0.05, 0) is 24.3 Å². The molecule has 32 heavy (non-hydrogen) atoms. The molecule has 5 rings (SSSR count). The summed E-state index contributed by atoms with van der Waals surface area (Å²) in [6.07, 6.45) is -0.333. The number of aromatic nitrogens is 3. The summed E-state index contributed by atoms with van der Waals surface area (Å²) in [7, 11) is 1.84. The third kappa shape index (κ3) is 3.86. The zero-order valence-electron chi connectivity index (χ0n) is 17.2. The summed E-state index contributed by atoms with van der Waals surface area (Å²) in [5.41, 5.74) is 2.42. The van der Waals surface area contributed by atoms with Gasteiger partial charge in [-0.1, -0.05) is 24.3 Å². The third-order valence-electron chi connectivity index (χ3n) is 5.68. The van der Waals surface area contributed by atoms with Crippen LogP contribution in [-0.2, 0) is 7.05 Å². The Morgan fingerprint density at radius 1 is 1.12 bits per heavy atom. The van der Waals surface area contributed by atoms with Gasteiger partial charge in [-0.25, -0.2) is 18.7 Å². The number of carbonyl (C=O) groups is 1. The van der Waals surface area contributed by atoms with Gasteiger partial charge in [0.25, 0.3) is 11.8 Å². The monoisotopic (exact) mass is 458 g/mol. The zero-order chi connectivity index (χ0) is 21.6. The predicted molar refractivity (Wildman–Crippen MR) is 120 cm³/mol. The van der Waals surface area contributed by atoms with E-state index in [4.69, 9.17) is 4.74 Å². The number of hydrogen-bond acceptors (Lipinski definition) is 4. The van der Waals surface area contributed by atoms with Gasteiger partial charge < -0.3 is 14.2 Å². The van der Waals surface area contributed by atoms with Gasteiger partial charge in [-0.2, -0.15) is 0 Å². The van der Waals surface area contributed by atoms with Crippen molar-refractivity contribution in [2.24, 2.45) is 7.05 Å². The number of pyridine rings is 1. The number of amides is 1. The van der Waals surface area contributed by atoms with E-state index in [1.807, 2.05) is 35.9 Å². The van der Waals surface area contributed by atoms with Crippen LogP contribution in [0.1, 0.15) is 16.8 Å². The number of likely N-dealkylation sites (tertiary alicyclic amines) is 1. The standard InChI is InChI=1S/C23H20F2N4O2.ClH/c1-28-14-26-21-16(6-4-8-18(21)28)22(30)29-12-11-23(24,25)19(13-29)31-20-10-9-15-5-2-3-7-17(15)27-20;/h2-10,14,19H,11-13H2,1H3;1H/t19-;/m0./s1. The lowest BCUT2D eigenvalue weighted by Gasteiger charge is -2.38. The van der Waals surface area contributed by atoms with Gasteiger partial charge in [0.1, 0.15) is 5.52 Å². The molecule has 0 saturated carbocycles. The molecule has 0 N–H and O–H groups in total. The van der Waals surface area contributed by atoms with Gasteiger partial charge in [0.2, 0.25) is 5.88 Å². The van der Waals surface area contributed by atoms with E-state index in [2.05, 4.69) is 9.97 Å². The molecule has 6 nitrogen and oxygen atoms in total. The van der Waals surface area contributed by atoms with Crippen molar-refractivity contribution >= 4 is 40.3 Å². The van der Waals surface area contributed by atoms with Crippen LogP contribution in [0, 0.1) is 0 Å². The van der Waals surface area contributed by atoms with E-state index in [0.29, 0.717) is 16.6 Å². The summed E-state index contributed by atoms with van der Waals surface area (Å²) in [5, 5.41) is 0.894. The number of alkyl halides is 2. The fraction of sp³-hybridized carbons (Fsp3) is 0.261. The molecule has 166 valence electrons. The van der Waals surface area contributed by atoms with Crippen LogP contribution in [0.3, 0.4) is 0 Å². The van der Waals surface area contributed by atoms with Crippen LogP contribution in [0.5, 0.6) is 5.88 Å². The summed E-state index contributed by atoms with van der Waals surface area (Å²) < 4.78 is 36.7. The molecule has 1 aliphatic rings. The van der Waals surface area contributed by atoms with E-state index < -0.39 is 18.4 Å². The molecular formula is C23H21ClF2N4O2. The number of fused-ring (bicyclic) bond motifs is 2. The highest BCUT2D eigenvalue weighted by Gasteiger charge is 2.47. The maximum atomic E-state index is 14.7. The number of rotatable bonds is 3. The molecule has 0 radical (unpaired) electrons. The number of nitrogens with zero attached hydrogens (tertiary/aromatic N) is 4. The lowest BCUT2D eigenvalue weighted by molar-refractivity contribution is -0.131. The number of para-hydroxylation sites is 2. The first kappa shape index (κ1) is 22.0. The molecule has 4 aromatic rings. The maximum absolute atomic E-state index is 14.7. The van der Waals surface area contributed by atoms with E-state index in [1.54, 1.807) is 36.7 Å². The Hall–Kier alpha value is -3.26. The van der Waals surface area contributed by atoms with Gasteiger partial charge in [-0.15, -0.1) is 12.4 Å². The minimum atomic E-state index is -3.07. The Balaban J connectivity index is 0.00000245. The summed E-state index contributed by atoms with van der Waals surface area (Å²) in [6, 6.07) is 16.1. The van der Waals surface area contributed by atoms with Crippen molar-refractivity contribution in [1.29, 1.82) is 0 Å². The predicted octanol–water partition coefficient (Wildman–Crippen LogP) is 4.47. The molecule has 0 spiro atoms. The Bertz CT molecular complexity index is 1290. The number of aryl methyl sites for hydroxylation is 1. The average Bonchev–Trinajstić information content (AvgIpc) is 3.15. The van der Waals surface area contributed by atoms with Crippen LogP contribution < -0.4 is 4.74 Å². The Morgan fingerprint density at radius 2 is 1.94 bits per heavy atom. The molecule has 1 fully saturated rings. The minimum absolute atomic E-state index is 0. The van der Waals surface area contributed by atoms with Crippen LogP contribution in [0.4, 0.5) is 8.78 Å². The summed E-state index contributed by atoms with van der Waals surface area (Å²) in [6.45, 7) is -0.288. The lowest BCUT2D eigenvalue weighted by Crippen LogP contribution is -2.55. The normalized spacial score (nSPS) is 17.8. The quantitative estimate of drug-likeness (QED) is 0.454. The van der Waals surface area contributed by atoms with Gasteiger partial charge in [0.05, 0.1) is 29.5 Å². The second-order valence-electron chi connectivity index (χ2n) is 7.74. The smallest absolute Gasteiger partial charge is 0.287 e. The van der Waals surface area contributed by atoms with Crippen molar-refractivity contribution in [3.8, 4) is 5.88 Å². The molecule has 0 bridgehead atoms. The maximum Gasteiger partial charge on any atom is 0.287 e. The van der Waals surface area contributed by atoms with E-state index in [1.165, 1.54) is 4.90 Å². The molecule has 1 aliphatic heterocycles. The van der Waals surface area contributed by atoms with Gasteiger partial charge in [-0.3, -0.25) is 4.79 Å². The van der Waals surface area contributed by atoms with Crippen molar-refractivity contribution in [3.05, 3.63) is 66.5 Å². The Morgan fingerprint density at radius 3 is 2.78 bits per heavy atom. The van der Waals surface area contributed by atoms with Crippen molar-refractivity contribution in [1.82, 2.24) is 19.4 Å². The average molecular weight is 459 g/mol. The SMILES string of the molecule is Cl.Cn1cnc2c(C(=O)N3CCC(F)(F)[C@@H](Oc4ccc5ccccc5n4)C3)cccc21. The number of hydrogen-bond donors (Lipinski definition) is 0. The molecule has 9 heteroatoms. The molecule has 1 saturated heterocycles. The molecule has 0 aliphatic carbocycles. The summed E-state index contributed by atoms with van der Waals surface area (Å²) in [5.74, 6) is -3.29. The second kappa shape index (κ2) is 8.35. The van der Waals surface area contributed by atoms with Crippen LogP contribution in [0.2, 0.25) is 0 Å². The topological polar surface area (TPSA) is 60.2 Å². The van der Waals surface area contributed by atoms with E-state index >= 15 is 0 Å². The third-order valence-corrected chi connectivity index (χ3v) is 5.68. The second-order valence-corrected chi connectivity index (χ2v) is 7.74. The van der Waals surface area contributed by atoms with Crippen LogP contribution in [-0.4, -0.2) is 50.5 Å². The van der Waals surface area contributed by atoms with Crippen molar-refractivity contribution in [2.45, 2.75) is 18.4 Å². The Kier molecular flexibility index (Phi) is 5.73. The van der Waals surface area contributed by atoms with Gasteiger partial charge in [0.15, 0.2) is 6.10 Å². The highest BCUT2D eigenvalue weighted by molar-refractivity contribution is 6.05. The number of carbonyl (C=O) groups excluding carboxylic acids is 1. The number of ether oxygens (including phenoxy) is 1. The number of halogens is 3. The number of benzene rings is 2. The highest BCUT2D eigenvalue weighted by atomic mass is 35.5. The van der Waals surface area contributed by atoms with E-state index in [9.17, 15) is 13.6 Å². The fourth-order valence-corrected chi connectivity index (χ4v) is 3.94. The van der Waals surface area contributed by atoms with Crippen LogP contribution >= 0.6 is 12.4 Å². The Labute approximate surface area is 189 Å². The van der Waals surface area contributed by atoms with Crippen LogP contribution in [0.15, 0.2) is 60.9 Å². The lowest BCUT2D eigenvalue weighted by atomic mass is 10.0. The fourth-order valence-electron chi connectivity index (χ4n) is 3.94. The summed E-state index contributed by atoms with van der Waals surface area (Å²) in [4.78, 5) is 23.2. The molecule has 3 heterocycles. The number of imidazole rings is 1. The molecule has 1 atom stereocenters. The van der Waals surface area contributed by atoms with E-state index in [-0.39, 0.29) is 37.3 Å². The number of piperidine rings is 1. The van der Waals surface area contributed by atoms with Crippen molar-refractivity contribution in [3.63, 3.8) is 0 Å². The molecule has 0 unspecified atom stereocenters. The van der Waals surface area contributed by atoms with Crippen molar-refractivity contribution in [2.75, 3.05) is 13.1 Å². The summed E-state index contributed by atoms with van der Waals surface area (Å²) >= 11 is 0. The van der Waals surface area contributed by atoms with Crippen LogP contribution in [0.25, 0.3) is 21.9 Å². The molecular weight excluding hydrogens is 438 g/mol. The highest BCUT2D eigenvalue weighted by Crippen LogP contribution is 2.33. The zero-order valence-corrected chi connectivity index (χ0v) is 18.1. The molecule has 1 amide bonds. The molecule has 2 aromatic heterocycles. The molecule has 2 aromatic carbocycles. The van der Waals surface area contributed by atoms with Crippen molar-refractivity contribution < 1.29 is 18.3 Å². The first-order valence-electron chi connectivity index (χ1n) is 10.0. The van der Waals surface area contributed by atoms with Gasteiger partial charge in [0, 0.05) is 31.5 Å². The van der Waals surface area contributed by atoms with Gasteiger partial charge >= 0.3 is 0 Å². The first-order valence-corrected chi connectivity index (χ1v) is 10.0. The minimum Gasteiger partial charge on any atom is -0.466 e.